The van der Waals surface area contributed by atoms with E-state index in [0.29, 0.717) is 5.69 Å². The van der Waals surface area contributed by atoms with Crippen LogP contribution in [0.5, 0.6) is 0 Å². The Morgan fingerprint density at radius 1 is 1.27 bits per heavy atom. The van der Waals surface area contributed by atoms with E-state index in [1.54, 1.807) is 4.57 Å². The van der Waals surface area contributed by atoms with E-state index in [2.05, 4.69) is 0 Å². The first-order chi connectivity index (χ1) is 7.24. The maximum atomic E-state index is 11.6. The monoisotopic (exact) mass is 202 g/mol. The number of hydrogen-bond donors (Lipinski definition) is 0. The second kappa shape index (κ2) is 3.69. The quantitative estimate of drug-likeness (QED) is 0.517. The van der Waals surface area contributed by atoms with Gasteiger partial charge in [-0.2, -0.15) is 4.57 Å². The Morgan fingerprint density at radius 2 is 2.00 bits per heavy atom. The molecule has 3 heteroatoms. The lowest BCUT2D eigenvalue weighted by Crippen LogP contribution is -2.36. The van der Waals surface area contributed by atoms with E-state index in [0.717, 1.165) is 10.8 Å². The summed E-state index contributed by atoms with van der Waals surface area (Å²) in [6.07, 6.45) is 1.86. The molecule has 0 atom stereocenters. The molecule has 0 unspecified atom stereocenters. The zero-order chi connectivity index (χ0) is 10.8. The van der Waals surface area contributed by atoms with Gasteiger partial charge in [0, 0.05) is 6.07 Å². The summed E-state index contributed by atoms with van der Waals surface area (Å²) >= 11 is 0. The largest absolute Gasteiger partial charge is 0.461 e. The number of benzene rings is 1. The lowest BCUT2D eigenvalue weighted by Gasteiger charge is -2.02. The van der Waals surface area contributed by atoms with Gasteiger partial charge in [0.25, 0.3) is 5.69 Å². The molecule has 1 aromatic heterocycles. The number of nitrogens with zero attached hydrogens (tertiary/aromatic N) is 1. The van der Waals surface area contributed by atoms with Crippen molar-refractivity contribution in [2.75, 3.05) is 7.11 Å². The molecule has 0 N–H and O–H groups in total. The second-order valence-corrected chi connectivity index (χ2v) is 3.35. The van der Waals surface area contributed by atoms with Crippen LogP contribution in [0, 0.1) is 0 Å². The van der Waals surface area contributed by atoms with E-state index in [1.165, 1.54) is 7.11 Å². The summed E-state index contributed by atoms with van der Waals surface area (Å²) in [5.41, 5.74) is 0.579. The Balaban J connectivity index is 2.79. The van der Waals surface area contributed by atoms with Gasteiger partial charge in [0.05, 0.1) is 12.5 Å². The fraction of sp³-hybridized carbons (Fsp3) is 0.167. The van der Waals surface area contributed by atoms with Crippen molar-refractivity contribution >= 4 is 16.7 Å². The van der Waals surface area contributed by atoms with Crippen molar-refractivity contribution in [2.24, 2.45) is 7.05 Å². The van der Waals surface area contributed by atoms with Crippen LogP contribution in [0.1, 0.15) is 10.5 Å². The molecule has 0 saturated carbocycles. The van der Waals surface area contributed by atoms with E-state index in [4.69, 9.17) is 4.74 Å². The van der Waals surface area contributed by atoms with Gasteiger partial charge in [-0.1, -0.05) is 18.2 Å². The molecule has 2 rings (SSSR count). The number of aryl methyl sites for hydroxylation is 1. The summed E-state index contributed by atoms with van der Waals surface area (Å²) in [4.78, 5) is 11.6. The third-order valence-corrected chi connectivity index (χ3v) is 2.43. The number of ether oxygens (including phenoxy) is 1. The summed E-state index contributed by atoms with van der Waals surface area (Å²) in [5, 5.41) is 1.95. The number of methoxy groups -OCH3 is 1. The fourth-order valence-electron chi connectivity index (χ4n) is 1.67. The Bertz CT molecular complexity index is 520. The molecule has 15 heavy (non-hydrogen) atoms. The number of aromatic nitrogens is 1. The number of rotatable bonds is 1. The van der Waals surface area contributed by atoms with Crippen molar-refractivity contribution < 1.29 is 14.1 Å². The molecule has 0 aliphatic rings. The van der Waals surface area contributed by atoms with Crippen LogP contribution in [0.4, 0.5) is 0 Å². The molecule has 1 heterocycles. The van der Waals surface area contributed by atoms with Gasteiger partial charge < -0.3 is 4.74 Å². The number of hydrogen-bond acceptors (Lipinski definition) is 2. The minimum atomic E-state index is -0.311. The van der Waals surface area contributed by atoms with E-state index < -0.39 is 0 Å². The number of carbonyl (C=O) groups excluding carboxylic acids is 1. The minimum Gasteiger partial charge on any atom is -0.461 e. The van der Waals surface area contributed by atoms with Crippen LogP contribution in [0.25, 0.3) is 10.8 Å². The van der Waals surface area contributed by atoms with Gasteiger partial charge >= 0.3 is 5.97 Å². The topological polar surface area (TPSA) is 30.2 Å². The second-order valence-electron chi connectivity index (χ2n) is 3.35. The molecule has 3 nitrogen and oxygen atoms in total. The molecule has 0 aliphatic heterocycles. The highest BCUT2D eigenvalue weighted by Gasteiger charge is 2.20. The average Bonchev–Trinajstić information content (AvgIpc) is 2.28. The number of carbonyl (C=O) groups is 1. The first-order valence-corrected chi connectivity index (χ1v) is 4.69. The third-order valence-electron chi connectivity index (χ3n) is 2.43. The van der Waals surface area contributed by atoms with Gasteiger partial charge in [-0.3, -0.25) is 0 Å². The average molecular weight is 202 g/mol. The number of esters is 1. The van der Waals surface area contributed by atoms with Crippen molar-refractivity contribution in [2.45, 2.75) is 0 Å². The Hall–Kier alpha value is -1.90. The minimum absolute atomic E-state index is 0.311. The van der Waals surface area contributed by atoms with Crippen molar-refractivity contribution in [3.05, 3.63) is 42.2 Å². The van der Waals surface area contributed by atoms with Crippen LogP contribution >= 0.6 is 0 Å². The molecular formula is C12H12NO2+. The Morgan fingerprint density at radius 3 is 2.73 bits per heavy atom. The smallest absolute Gasteiger partial charge is 0.404 e. The molecule has 0 amide bonds. The van der Waals surface area contributed by atoms with Gasteiger partial charge in [-0.25, -0.2) is 4.79 Å². The third kappa shape index (κ3) is 1.56. The summed E-state index contributed by atoms with van der Waals surface area (Å²) < 4.78 is 6.54. The summed E-state index contributed by atoms with van der Waals surface area (Å²) in [6.45, 7) is 0. The van der Waals surface area contributed by atoms with E-state index in [1.807, 2.05) is 43.6 Å². The summed E-state index contributed by atoms with van der Waals surface area (Å²) in [7, 11) is 3.22. The molecule has 0 bridgehead atoms. The first-order valence-electron chi connectivity index (χ1n) is 4.69. The highest BCUT2D eigenvalue weighted by molar-refractivity contribution is 6.00. The van der Waals surface area contributed by atoms with Crippen LogP contribution < -0.4 is 4.57 Å². The Labute approximate surface area is 87.9 Å². The number of fused-ring (bicyclic) bond motifs is 1. The van der Waals surface area contributed by atoms with E-state index in [9.17, 15) is 4.79 Å². The predicted octanol–water partition coefficient (Wildman–Crippen LogP) is 1.45. The fourth-order valence-corrected chi connectivity index (χ4v) is 1.67. The summed E-state index contributed by atoms with van der Waals surface area (Å²) in [6, 6.07) is 9.73. The van der Waals surface area contributed by atoms with Crippen LogP contribution in [0.15, 0.2) is 36.5 Å². The van der Waals surface area contributed by atoms with Crippen molar-refractivity contribution in [3.63, 3.8) is 0 Å². The molecular weight excluding hydrogens is 190 g/mol. The lowest BCUT2D eigenvalue weighted by molar-refractivity contribution is -0.672. The highest BCUT2D eigenvalue weighted by Crippen LogP contribution is 2.15. The van der Waals surface area contributed by atoms with Crippen LogP contribution in [0.2, 0.25) is 0 Å². The van der Waals surface area contributed by atoms with Crippen molar-refractivity contribution in [1.82, 2.24) is 0 Å². The van der Waals surface area contributed by atoms with Crippen molar-refractivity contribution in [1.29, 1.82) is 0 Å². The highest BCUT2D eigenvalue weighted by atomic mass is 16.5. The van der Waals surface area contributed by atoms with Gasteiger partial charge in [0.15, 0.2) is 6.20 Å². The standard InChI is InChI=1S/C12H12NO2/c1-13-8-7-9-5-3-4-6-10(9)11(13)12(14)15-2/h3-8H,1-2H3/q+1. The van der Waals surface area contributed by atoms with Gasteiger partial charge in [-0.05, 0) is 11.5 Å². The number of pyridine rings is 1. The molecule has 0 spiro atoms. The van der Waals surface area contributed by atoms with E-state index in [-0.39, 0.29) is 5.97 Å². The van der Waals surface area contributed by atoms with Crippen molar-refractivity contribution in [3.8, 4) is 0 Å². The zero-order valence-electron chi connectivity index (χ0n) is 8.73. The van der Waals surface area contributed by atoms with Crippen LogP contribution in [-0.4, -0.2) is 13.1 Å². The normalized spacial score (nSPS) is 10.3. The van der Waals surface area contributed by atoms with Gasteiger partial charge in [0.1, 0.15) is 7.05 Å². The first kappa shape index (κ1) is 9.65. The molecule has 0 fully saturated rings. The molecule has 0 radical (unpaired) electrons. The molecule has 0 saturated heterocycles. The Kier molecular flexibility index (Phi) is 2.37. The summed E-state index contributed by atoms with van der Waals surface area (Å²) in [5.74, 6) is -0.311. The molecule has 76 valence electrons. The van der Waals surface area contributed by atoms with Crippen LogP contribution in [0.3, 0.4) is 0 Å². The molecule has 0 aliphatic carbocycles. The van der Waals surface area contributed by atoms with Gasteiger partial charge in [-0.15, -0.1) is 0 Å². The predicted molar refractivity (Wildman–Crippen MR) is 56.5 cm³/mol. The van der Waals surface area contributed by atoms with Gasteiger partial charge in [0.2, 0.25) is 0 Å². The maximum Gasteiger partial charge on any atom is 0.404 e. The zero-order valence-corrected chi connectivity index (χ0v) is 8.73. The van der Waals surface area contributed by atoms with E-state index >= 15 is 0 Å². The van der Waals surface area contributed by atoms with Crippen LogP contribution in [-0.2, 0) is 11.8 Å². The molecule has 1 aromatic carbocycles. The lowest BCUT2D eigenvalue weighted by atomic mass is 10.1. The maximum absolute atomic E-state index is 11.6. The SMILES string of the molecule is COC(=O)c1c2ccccc2cc[n+]1C. The molecule has 2 aromatic rings.